The van der Waals surface area contributed by atoms with Gasteiger partial charge in [-0.15, -0.1) is 0 Å². The number of H-pyrrole nitrogens is 1. The molecule has 0 aliphatic carbocycles. The van der Waals surface area contributed by atoms with Crippen LogP contribution in [-0.2, 0) is 6.42 Å². The number of hydrogen-bond acceptors (Lipinski definition) is 1. The predicted molar refractivity (Wildman–Crippen MR) is 97.2 cm³/mol. The van der Waals surface area contributed by atoms with Crippen LogP contribution in [0.25, 0.3) is 10.9 Å². The van der Waals surface area contributed by atoms with Crippen LogP contribution in [0.15, 0.2) is 46.9 Å². The zero-order valence-corrected chi connectivity index (χ0v) is 14.5. The van der Waals surface area contributed by atoms with E-state index >= 15 is 0 Å². The van der Waals surface area contributed by atoms with E-state index in [-0.39, 0.29) is 5.91 Å². The number of anilines is 1. The molecule has 1 aromatic heterocycles. The fraction of sp³-hybridized carbons (Fsp3) is 0.211. The van der Waals surface area contributed by atoms with E-state index in [1.165, 1.54) is 11.1 Å². The predicted octanol–water partition coefficient (Wildman–Crippen LogP) is 4.83. The van der Waals surface area contributed by atoms with Crippen LogP contribution < -0.4 is 4.90 Å². The van der Waals surface area contributed by atoms with E-state index in [4.69, 9.17) is 0 Å². The number of rotatable bonds is 1. The van der Waals surface area contributed by atoms with Gasteiger partial charge in [0.1, 0.15) is 5.69 Å². The lowest BCUT2D eigenvalue weighted by molar-refractivity contribution is 0.0981. The molecule has 4 rings (SSSR count). The number of carbonyl (C=O) groups excluding carboxylic acids is 1. The van der Waals surface area contributed by atoms with Crippen molar-refractivity contribution >= 4 is 38.4 Å². The van der Waals surface area contributed by atoms with Gasteiger partial charge in [-0.2, -0.15) is 0 Å². The quantitative estimate of drug-likeness (QED) is 0.655. The maximum Gasteiger partial charge on any atom is 0.274 e. The molecule has 0 radical (unpaired) electrons. The van der Waals surface area contributed by atoms with Crippen LogP contribution in [0, 0.1) is 6.92 Å². The van der Waals surface area contributed by atoms with Gasteiger partial charge in [0.2, 0.25) is 0 Å². The Morgan fingerprint density at radius 3 is 2.91 bits per heavy atom. The van der Waals surface area contributed by atoms with Crippen LogP contribution in [0.1, 0.15) is 28.0 Å². The molecule has 23 heavy (non-hydrogen) atoms. The lowest BCUT2D eigenvalue weighted by Crippen LogP contribution is -2.35. The molecule has 1 aliphatic heterocycles. The van der Waals surface area contributed by atoms with E-state index in [0.717, 1.165) is 40.4 Å². The van der Waals surface area contributed by atoms with Gasteiger partial charge >= 0.3 is 0 Å². The Hall–Kier alpha value is -2.07. The molecule has 2 aromatic carbocycles. The molecule has 0 atom stereocenters. The molecular weight excluding hydrogens is 352 g/mol. The molecule has 3 nitrogen and oxygen atoms in total. The fourth-order valence-electron chi connectivity index (χ4n) is 3.28. The largest absolute Gasteiger partial charge is 0.351 e. The van der Waals surface area contributed by atoms with Crippen LogP contribution in [0.2, 0.25) is 0 Å². The molecule has 3 aromatic rings. The van der Waals surface area contributed by atoms with Crippen molar-refractivity contribution in [1.82, 2.24) is 4.98 Å². The molecule has 1 aliphatic rings. The summed E-state index contributed by atoms with van der Waals surface area (Å²) in [5.41, 5.74) is 5.11. The first kappa shape index (κ1) is 14.5. The first-order chi connectivity index (χ1) is 11.1. The number of halogens is 1. The highest BCUT2D eigenvalue weighted by Crippen LogP contribution is 2.31. The van der Waals surface area contributed by atoms with E-state index in [1.54, 1.807) is 0 Å². The summed E-state index contributed by atoms with van der Waals surface area (Å²) in [7, 11) is 0. The molecule has 1 amide bonds. The molecule has 0 saturated heterocycles. The summed E-state index contributed by atoms with van der Waals surface area (Å²) < 4.78 is 1.06. The van der Waals surface area contributed by atoms with Crippen molar-refractivity contribution in [3.63, 3.8) is 0 Å². The van der Waals surface area contributed by atoms with Crippen molar-refractivity contribution < 1.29 is 4.79 Å². The van der Waals surface area contributed by atoms with Gasteiger partial charge in [-0.1, -0.05) is 28.1 Å². The minimum Gasteiger partial charge on any atom is -0.351 e. The summed E-state index contributed by atoms with van der Waals surface area (Å²) in [5.74, 6) is 0.0436. The fourth-order valence-corrected chi connectivity index (χ4v) is 3.69. The second-order valence-electron chi connectivity index (χ2n) is 6.11. The summed E-state index contributed by atoms with van der Waals surface area (Å²) >= 11 is 3.51. The second kappa shape index (κ2) is 5.53. The number of benzene rings is 2. The van der Waals surface area contributed by atoms with Gasteiger partial charge in [0, 0.05) is 27.6 Å². The molecule has 0 bridgehead atoms. The Bertz CT molecular complexity index is 913. The minimum absolute atomic E-state index is 0.0436. The molecule has 0 spiro atoms. The number of carbonyl (C=O) groups is 1. The van der Waals surface area contributed by atoms with Gasteiger partial charge in [-0.3, -0.25) is 4.79 Å². The van der Waals surface area contributed by atoms with Crippen molar-refractivity contribution in [3.8, 4) is 0 Å². The maximum atomic E-state index is 13.0. The third-order valence-corrected chi connectivity index (χ3v) is 4.91. The SMILES string of the molecule is Cc1ccc2cc(C(=O)N3CCCc4cc(Br)ccc43)[nH]c2c1. The molecule has 0 fully saturated rings. The average molecular weight is 369 g/mol. The van der Waals surface area contributed by atoms with Gasteiger partial charge in [0.25, 0.3) is 5.91 Å². The van der Waals surface area contributed by atoms with E-state index in [1.807, 2.05) is 23.1 Å². The Morgan fingerprint density at radius 2 is 2.04 bits per heavy atom. The molecule has 4 heteroatoms. The zero-order chi connectivity index (χ0) is 16.0. The summed E-state index contributed by atoms with van der Waals surface area (Å²) in [6, 6.07) is 14.3. The lowest BCUT2D eigenvalue weighted by Gasteiger charge is -2.29. The Labute approximate surface area is 143 Å². The first-order valence-electron chi connectivity index (χ1n) is 7.81. The van der Waals surface area contributed by atoms with Gasteiger partial charge in [-0.25, -0.2) is 0 Å². The molecular formula is C19H17BrN2O. The lowest BCUT2D eigenvalue weighted by atomic mass is 10.0. The van der Waals surface area contributed by atoms with E-state index in [0.29, 0.717) is 5.69 Å². The number of nitrogens with zero attached hydrogens (tertiary/aromatic N) is 1. The highest BCUT2D eigenvalue weighted by Gasteiger charge is 2.24. The zero-order valence-electron chi connectivity index (χ0n) is 12.9. The Morgan fingerprint density at radius 1 is 1.17 bits per heavy atom. The highest BCUT2D eigenvalue weighted by molar-refractivity contribution is 9.10. The molecule has 116 valence electrons. The van der Waals surface area contributed by atoms with Crippen LogP contribution in [0.3, 0.4) is 0 Å². The topological polar surface area (TPSA) is 36.1 Å². The van der Waals surface area contributed by atoms with E-state index in [2.05, 4.69) is 52.1 Å². The van der Waals surface area contributed by atoms with Crippen molar-refractivity contribution in [2.24, 2.45) is 0 Å². The summed E-state index contributed by atoms with van der Waals surface area (Å²) in [6.45, 7) is 2.82. The van der Waals surface area contributed by atoms with E-state index in [9.17, 15) is 4.79 Å². The molecule has 2 heterocycles. The van der Waals surface area contributed by atoms with Crippen LogP contribution in [0.4, 0.5) is 5.69 Å². The van der Waals surface area contributed by atoms with Crippen molar-refractivity contribution in [3.05, 3.63) is 63.8 Å². The molecule has 0 unspecified atom stereocenters. The summed E-state index contributed by atoms with van der Waals surface area (Å²) in [5, 5.41) is 1.08. The number of hydrogen-bond donors (Lipinski definition) is 1. The first-order valence-corrected chi connectivity index (χ1v) is 8.61. The van der Waals surface area contributed by atoms with E-state index < -0.39 is 0 Å². The van der Waals surface area contributed by atoms with Gasteiger partial charge in [0.15, 0.2) is 0 Å². The number of amides is 1. The van der Waals surface area contributed by atoms with Gasteiger partial charge < -0.3 is 9.88 Å². The number of fused-ring (bicyclic) bond motifs is 2. The monoisotopic (exact) mass is 368 g/mol. The van der Waals surface area contributed by atoms with Crippen LogP contribution in [-0.4, -0.2) is 17.4 Å². The number of aromatic nitrogens is 1. The Kier molecular flexibility index (Phi) is 3.49. The summed E-state index contributed by atoms with van der Waals surface area (Å²) in [6.07, 6.45) is 2.01. The van der Waals surface area contributed by atoms with Crippen molar-refractivity contribution in [2.75, 3.05) is 11.4 Å². The average Bonchev–Trinajstić information content (AvgIpc) is 2.96. The minimum atomic E-state index is 0.0436. The highest BCUT2D eigenvalue weighted by atomic mass is 79.9. The smallest absolute Gasteiger partial charge is 0.274 e. The third-order valence-electron chi connectivity index (χ3n) is 4.41. The van der Waals surface area contributed by atoms with Gasteiger partial charge in [0.05, 0.1) is 0 Å². The molecule has 1 N–H and O–H groups in total. The number of aryl methyl sites for hydroxylation is 2. The standard InChI is InChI=1S/C19H17BrN2O/c1-12-4-5-13-11-17(21-16(13)9-12)19(23)22-8-2-3-14-10-15(20)6-7-18(14)22/h4-7,9-11,21H,2-3,8H2,1H3. The van der Waals surface area contributed by atoms with Crippen molar-refractivity contribution in [2.45, 2.75) is 19.8 Å². The number of nitrogens with one attached hydrogen (secondary N) is 1. The number of aromatic amines is 1. The summed E-state index contributed by atoms with van der Waals surface area (Å²) in [4.78, 5) is 18.2. The molecule has 0 saturated carbocycles. The van der Waals surface area contributed by atoms with Crippen LogP contribution in [0.5, 0.6) is 0 Å². The van der Waals surface area contributed by atoms with Gasteiger partial charge in [-0.05, 0) is 61.2 Å². The third kappa shape index (κ3) is 2.57. The van der Waals surface area contributed by atoms with Crippen molar-refractivity contribution in [1.29, 1.82) is 0 Å². The Balaban J connectivity index is 1.74. The second-order valence-corrected chi connectivity index (χ2v) is 7.02. The normalized spacial score (nSPS) is 14.1. The van der Waals surface area contributed by atoms with Crippen LogP contribution >= 0.6 is 15.9 Å². The maximum absolute atomic E-state index is 13.0.